The van der Waals surface area contributed by atoms with Gasteiger partial charge in [-0.05, 0) is 37.3 Å². The molecule has 0 spiro atoms. The molecule has 0 radical (unpaired) electrons. The fraction of sp³-hybridized carbons (Fsp3) is 0.533. The van der Waals surface area contributed by atoms with Crippen LogP contribution in [-0.4, -0.2) is 25.2 Å². The Morgan fingerprint density at radius 2 is 2.05 bits per heavy atom. The van der Waals surface area contributed by atoms with Gasteiger partial charge in [0.2, 0.25) is 0 Å². The fourth-order valence-electron chi connectivity index (χ4n) is 2.98. The number of aliphatic imine (C=N–C) groups is 1. The van der Waals surface area contributed by atoms with Gasteiger partial charge in [0.1, 0.15) is 5.75 Å². The van der Waals surface area contributed by atoms with Gasteiger partial charge in [0.05, 0.1) is 19.2 Å². The molecular formula is C15H21N3O. The van der Waals surface area contributed by atoms with Crippen LogP contribution in [0.25, 0.3) is 0 Å². The van der Waals surface area contributed by atoms with E-state index in [1.165, 1.54) is 12.8 Å². The van der Waals surface area contributed by atoms with Gasteiger partial charge >= 0.3 is 0 Å². The first-order valence-electron chi connectivity index (χ1n) is 6.74. The van der Waals surface area contributed by atoms with E-state index < -0.39 is 0 Å². The summed E-state index contributed by atoms with van der Waals surface area (Å²) in [6.45, 7) is 5.36. The predicted octanol–water partition coefficient (Wildman–Crippen LogP) is 2.39. The van der Waals surface area contributed by atoms with Crippen LogP contribution in [0.3, 0.4) is 0 Å². The lowest BCUT2D eigenvalue weighted by Gasteiger charge is -2.41. The number of rotatable bonds is 3. The highest BCUT2D eigenvalue weighted by molar-refractivity contribution is 5.98. The van der Waals surface area contributed by atoms with Crippen LogP contribution in [0.2, 0.25) is 0 Å². The van der Waals surface area contributed by atoms with Crippen molar-refractivity contribution < 1.29 is 4.74 Å². The Kier molecular flexibility index (Phi) is 2.52. The summed E-state index contributed by atoms with van der Waals surface area (Å²) < 4.78 is 5.31. The monoisotopic (exact) mass is 259 g/mol. The normalized spacial score (nSPS) is 28.2. The van der Waals surface area contributed by atoms with Gasteiger partial charge in [0.15, 0.2) is 5.96 Å². The number of nitrogens with zero attached hydrogens (tertiary/aromatic N) is 2. The van der Waals surface area contributed by atoms with E-state index in [0.29, 0.717) is 11.4 Å². The van der Waals surface area contributed by atoms with Crippen molar-refractivity contribution in [1.29, 1.82) is 0 Å². The summed E-state index contributed by atoms with van der Waals surface area (Å²) in [6.07, 6.45) is 2.49. The van der Waals surface area contributed by atoms with E-state index in [9.17, 15) is 0 Å². The molecule has 1 fully saturated rings. The molecule has 1 aromatic carbocycles. The van der Waals surface area contributed by atoms with E-state index in [2.05, 4.69) is 29.8 Å². The summed E-state index contributed by atoms with van der Waals surface area (Å²) in [7, 11) is 1.68. The molecule has 0 amide bonds. The van der Waals surface area contributed by atoms with Crippen LogP contribution in [0.5, 0.6) is 5.75 Å². The molecule has 1 saturated carbocycles. The number of methoxy groups -OCH3 is 1. The minimum Gasteiger partial charge on any atom is -0.497 e. The lowest BCUT2D eigenvalue weighted by Crippen LogP contribution is -2.55. The zero-order valence-corrected chi connectivity index (χ0v) is 11.8. The van der Waals surface area contributed by atoms with Gasteiger partial charge in [-0.25, -0.2) is 0 Å². The summed E-state index contributed by atoms with van der Waals surface area (Å²) in [5, 5.41) is 0. The molecule has 2 aliphatic rings. The Morgan fingerprint density at radius 1 is 1.32 bits per heavy atom. The van der Waals surface area contributed by atoms with Gasteiger partial charge in [-0.3, -0.25) is 4.99 Å². The van der Waals surface area contributed by atoms with E-state index >= 15 is 0 Å². The van der Waals surface area contributed by atoms with Crippen molar-refractivity contribution in [2.45, 2.75) is 32.2 Å². The molecule has 4 heteroatoms. The van der Waals surface area contributed by atoms with Crippen molar-refractivity contribution >= 4 is 11.6 Å². The second-order valence-corrected chi connectivity index (χ2v) is 6.05. The first-order valence-corrected chi connectivity index (χ1v) is 6.74. The van der Waals surface area contributed by atoms with Crippen LogP contribution in [0, 0.1) is 5.41 Å². The predicted molar refractivity (Wildman–Crippen MR) is 77.7 cm³/mol. The Labute approximate surface area is 114 Å². The summed E-state index contributed by atoms with van der Waals surface area (Å²) in [6, 6.07) is 8.04. The third-order valence-corrected chi connectivity index (χ3v) is 4.88. The molecule has 1 atom stereocenters. The average molecular weight is 259 g/mol. The molecule has 1 aliphatic carbocycles. The highest BCUT2D eigenvalue weighted by Crippen LogP contribution is 2.57. The van der Waals surface area contributed by atoms with Gasteiger partial charge in [-0.1, -0.05) is 13.0 Å². The topological polar surface area (TPSA) is 50.9 Å². The maximum absolute atomic E-state index is 6.14. The maximum atomic E-state index is 6.14. The van der Waals surface area contributed by atoms with Gasteiger partial charge in [-0.2, -0.15) is 0 Å². The molecule has 19 heavy (non-hydrogen) atoms. The van der Waals surface area contributed by atoms with Crippen LogP contribution < -0.4 is 15.4 Å². The van der Waals surface area contributed by atoms with Crippen LogP contribution in [0.4, 0.5) is 5.69 Å². The van der Waals surface area contributed by atoms with E-state index in [1.807, 2.05) is 18.2 Å². The van der Waals surface area contributed by atoms with E-state index in [4.69, 9.17) is 10.5 Å². The highest BCUT2D eigenvalue weighted by Gasteiger charge is 2.58. The Bertz CT molecular complexity index is 536. The minimum atomic E-state index is -0.0244. The zero-order chi connectivity index (χ0) is 13.7. The molecule has 0 saturated heterocycles. The molecule has 4 nitrogen and oxygen atoms in total. The third kappa shape index (κ3) is 1.70. The van der Waals surface area contributed by atoms with Crippen LogP contribution in [0.15, 0.2) is 29.3 Å². The molecule has 1 aromatic rings. The lowest BCUT2D eigenvalue weighted by atomic mass is 9.82. The lowest BCUT2D eigenvalue weighted by molar-refractivity contribution is 0.317. The molecule has 3 rings (SSSR count). The summed E-state index contributed by atoms with van der Waals surface area (Å²) in [5.41, 5.74) is 7.48. The van der Waals surface area contributed by atoms with Crippen molar-refractivity contribution in [2.24, 2.45) is 16.1 Å². The van der Waals surface area contributed by atoms with Crippen molar-refractivity contribution in [3.05, 3.63) is 24.3 Å². The number of anilines is 1. The molecule has 2 N–H and O–H groups in total. The maximum Gasteiger partial charge on any atom is 0.196 e. The highest BCUT2D eigenvalue weighted by atomic mass is 16.5. The third-order valence-electron chi connectivity index (χ3n) is 4.88. The number of guanidine groups is 1. The number of hydrogen-bond donors (Lipinski definition) is 1. The van der Waals surface area contributed by atoms with Gasteiger partial charge in [0, 0.05) is 11.8 Å². The Hall–Kier alpha value is -1.71. The SMILES string of the molecule is COc1cccc(N2C(N)=NCC2(C)C2(C)CC2)c1. The fourth-order valence-corrected chi connectivity index (χ4v) is 2.98. The molecule has 102 valence electrons. The van der Waals surface area contributed by atoms with Crippen molar-refractivity contribution in [3.63, 3.8) is 0 Å². The van der Waals surface area contributed by atoms with Crippen molar-refractivity contribution in [2.75, 3.05) is 18.6 Å². The molecule has 1 aliphatic heterocycles. The van der Waals surface area contributed by atoms with Crippen LogP contribution >= 0.6 is 0 Å². The Morgan fingerprint density at radius 3 is 2.68 bits per heavy atom. The molecule has 1 unspecified atom stereocenters. The second-order valence-electron chi connectivity index (χ2n) is 6.05. The summed E-state index contributed by atoms with van der Waals surface area (Å²) in [4.78, 5) is 6.67. The number of nitrogens with two attached hydrogens (primary N) is 1. The summed E-state index contributed by atoms with van der Waals surface area (Å²) in [5.74, 6) is 1.46. The average Bonchev–Trinajstić information content (AvgIpc) is 3.09. The standard InChI is InChI=1S/C15H21N3O/c1-14(7-8-14)15(2)10-17-13(16)18(15)11-5-4-6-12(9-11)19-3/h4-6,9H,7-8,10H2,1-3H3,(H2,16,17). The van der Waals surface area contributed by atoms with Crippen LogP contribution in [-0.2, 0) is 0 Å². The van der Waals surface area contributed by atoms with Gasteiger partial charge in [0.25, 0.3) is 0 Å². The minimum absolute atomic E-state index is 0.0244. The number of ether oxygens (including phenoxy) is 1. The van der Waals surface area contributed by atoms with Crippen LogP contribution in [0.1, 0.15) is 26.7 Å². The second kappa shape index (κ2) is 3.89. The first-order chi connectivity index (χ1) is 9.00. The van der Waals surface area contributed by atoms with Gasteiger partial charge < -0.3 is 15.4 Å². The van der Waals surface area contributed by atoms with E-state index in [1.54, 1.807) is 7.11 Å². The zero-order valence-electron chi connectivity index (χ0n) is 11.8. The van der Waals surface area contributed by atoms with Crippen molar-refractivity contribution in [1.82, 2.24) is 0 Å². The molecule has 0 aromatic heterocycles. The van der Waals surface area contributed by atoms with Crippen molar-refractivity contribution in [3.8, 4) is 5.75 Å². The Balaban J connectivity index is 2.02. The van der Waals surface area contributed by atoms with E-state index in [0.717, 1.165) is 18.0 Å². The molecule has 0 bridgehead atoms. The molecule has 1 heterocycles. The smallest absolute Gasteiger partial charge is 0.196 e. The summed E-state index contributed by atoms with van der Waals surface area (Å²) >= 11 is 0. The first kappa shape index (κ1) is 12.3. The van der Waals surface area contributed by atoms with Gasteiger partial charge in [-0.15, -0.1) is 0 Å². The number of benzene rings is 1. The molecular weight excluding hydrogens is 238 g/mol. The largest absolute Gasteiger partial charge is 0.497 e. The quantitative estimate of drug-likeness (QED) is 0.906. The van der Waals surface area contributed by atoms with E-state index in [-0.39, 0.29) is 5.54 Å². The number of hydrogen-bond acceptors (Lipinski definition) is 4.